The van der Waals surface area contributed by atoms with E-state index in [1.165, 1.54) is 159 Å². The molecule has 0 bridgehead atoms. The van der Waals surface area contributed by atoms with Crippen molar-refractivity contribution < 1.29 is 9.31 Å². The molecule has 0 atom stereocenters. The van der Waals surface area contributed by atoms with Crippen LogP contribution >= 0.6 is 38.6 Å². The number of fused-ring (bicyclic) bond motifs is 12. The Labute approximate surface area is 742 Å². The van der Waals surface area contributed by atoms with Crippen molar-refractivity contribution in [1.82, 2.24) is 9.13 Å². The van der Waals surface area contributed by atoms with E-state index in [2.05, 4.69) is 502 Å². The Hall–Kier alpha value is -13.1. The molecule has 23 rings (SSSR count). The molecule has 594 valence electrons. The van der Waals surface area contributed by atoms with Gasteiger partial charge in [-0.15, -0.1) is 22.7 Å². The fourth-order valence-corrected chi connectivity index (χ4v) is 31.9. The van der Waals surface area contributed by atoms with Crippen LogP contribution in [0.2, 0.25) is 0 Å². The summed E-state index contributed by atoms with van der Waals surface area (Å²) < 4.78 is 23.7. The number of para-hydroxylation sites is 4. The first-order valence-corrected chi connectivity index (χ1v) is 49.0. The average molecular weight is 1730 g/mol. The lowest BCUT2D eigenvalue weighted by atomic mass is 9.79. The number of hydrogen-bond donors (Lipinski definition) is 0. The zero-order valence-electron chi connectivity index (χ0n) is 69.2. The molecule has 22 aromatic rings. The minimum atomic E-state index is -2.87. The molecule has 1 aliphatic heterocycles. The summed E-state index contributed by atoms with van der Waals surface area (Å²) in [4.78, 5) is 0. The van der Waals surface area contributed by atoms with Crippen LogP contribution in [0.3, 0.4) is 0 Å². The van der Waals surface area contributed by atoms with Crippen LogP contribution in [0.25, 0.3) is 129 Å². The van der Waals surface area contributed by atoms with Crippen LogP contribution in [0.5, 0.6) is 0 Å². The fourth-order valence-electron chi connectivity index (χ4n) is 19.2. The smallest absolute Gasteiger partial charge is 0.399 e. The molecule has 4 nitrogen and oxygen atoms in total. The number of nitrogens with zero attached hydrogens (tertiary/aromatic N) is 2. The summed E-state index contributed by atoms with van der Waals surface area (Å²) in [6, 6.07) is 165. The van der Waals surface area contributed by atoms with E-state index in [-0.39, 0.29) is 18.3 Å². The van der Waals surface area contributed by atoms with Crippen LogP contribution in [-0.2, 0) is 9.31 Å². The predicted molar refractivity (Wildman–Crippen MR) is 541 cm³/mol. The third-order valence-electron chi connectivity index (χ3n) is 25.7. The van der Waals surface area contributed by atoms with E-state index in [1.54, 1.807) is 0 Å². The minimum absolute atomic E-state index is 0.347. The molecular weight excluding hydrogens is 1640 g/mol. The van der Waals surface area contributed by atoms with E-state index in [4.69, 9.17) is 9.31 Å². The molecular formula is C114H86BBrN2O2S2Si2. The molecule has 124 heavy (non-hydrogen) atoms. The lowest BCUT2D eigenvalue weighted by Gasteiger charge is -2.35. The van der Waals surface area contributed by atoms with Crippen LogP contribution < -0.4 is 47.0 Å². The van der Waals surface area contributed by atoms with Gasteiger partial charge in [0, 0.05) is 77.7 Å². The van der Waals surface area contributed by atoms with Gasteiger partial charge in [0.05, 0.1) is 33.3 Å². The third-order valence-corrected chi connectivity index (χ3v) is 38.1. The number of aromatic nitrogens is 2. The van der Waals surface area contributed by atoms with Crippen molar-refractivity contribution in [1.29, 1.82) is 0 Å². The largest absolute Gasteiger partial charge is 0.494 e. The Morgan fingerprint density at radius 3 is 0.944 bits per heavy atom. The van der Waals surface area contributed by atoms with Crippen molar-refractivity contribution in [2.45, 2.75) is 38.9 Å². The molecule has 0 unspecified atom stereocenters. The molecule has 18 aromatic carbocycles. The zero-order chi connectivity index (χ0) is 83.5. The van der Waals surface area contributed by atoms with E-state index in [1.807, 2.05) is 22.7 Å². The summed E-state index contributed by atoms with van der Waals surface area (Å²) in [7, 11) is -5.85. The standard InChI is InChI=1S/C54H37NSSi.C36H25BrSSi.C24H24BNO2/c1-3-21-42(22-4-1)57(43-23-5-2-6-24-43,45-26-15-19-40(37-45)46-30-16-31-50-49-29-9-12-34-53(49)56-54(46)50)44-25-14-18-39(36-44)38-17-13-20-41(35-38)55-51-32-10-7-27-47(51)48-28-8-11-33-52(48)55;37-27-13-10-19-31(25-27)39(28-14-3-1-4-15-28,29-16-5-2-6-17-29)30-18-9-12-26(24-30)32-21-11-22-34-33-20-7-8-23-35(33)38-36(32)34;1-23(2)24(3,4)28-25(27-23)17-10-9-11-18(16-17)26-21-14-7-5-12-19(21)20-13-6-8-15-22(20)26/h1-37H;1-25H;5-16H,1-4H3. The van der Waals surface area contributed by atoms with Crippen molar-refractivity contribution in [3.63, 3.8) is 0 Å². The molecule has 0 N–H and O–H groups in total. The second-order valence-corrected chi connectivity index (χ2v) is 43.9. The quantitative estimate of drug-likeness (QED) is 0.0802. The number of benzene rings is 18. The second kappa shape index (κ2) is 32.6. The highest BCUT2D eigenvalue weighted by atomic mass is 79.9. The highest BCUT2D eigenvalue weighted by molar-refractivity contribution is 9.10. The minimum Gasteiger partial charge on any atom is -0.399 e. The van der Waals surface area contributed by atoms with E-state index in [0.717, 1.165) is 21.3 Å². The molecule has 0 radical (unpaired) electrons. The molecule has 0 amide bonds. The van der Waals surface area contributed by atoms with Gasteiger partial charge < -0.3 is 18.4 Å². The summed E-state index contributed by atoms with van der Waals surface area (Å²) in [5.41, 5.74) is 15.0. The Morgan fingerprint density at radius 2 is 0.540 bits per heavy atom. The van der Waals surface area contributed by atoms with Gasteiger partial charge in [-0.2, -0.15) is 0 Å². The Bertz CT molecular complexity index is 7550. The Balaban J connectivity index is 0.000000122. The molecule has 5 heterocycles. The molecule has 0 saturated carbocycles. The molecule has 1 aliphatic rings. The van der Waals surface area contributed by atoms with Gasteiger partial charge in [-0.1, -0.05) is 392 Å². The van der Waals surface area contributed by atoms with Crippen LogP contribution in [0, 0.1) is 0 Å². The van der Waals surface area contributed by atoms with E-state index in [0.29, 0.717) is 0 Å². The van der Waals surface area contributed by atoms with Gasteiger partial charge in [-0.3, -0.25) is 0 Å². The van der Waals surface area contributed by atoms with Crippen LogP contribution in [0.15, 0.2) is 453 Å². The van der Waals surface area contributed by atoms with Crippen LogP contribution in [0.1, 0.15) is 27.7 Å². The monoisotopic (exact) mass is 1720 g/mol. The Kier molecular flexibility index (Phi) is 20.6. The molecule has 1 saturated heterocycles. The van der Waals surface area contributed by atoms with E-state index >= 15 is 0 Å². The maximum atomic E-state index is 6.27. The van der Waals surface area contributed by atoms with Gasteiger partial charge in [0.15, 0.2) is 16.1 Å². The summed E-state index contributed by atoms with van der Waals surface area (Å²) in [6.07, 6.45) is 0. The normalized spacial score (nSPS) is 13.2. The fraction of sp³-hybridized carbons (Fsp3) is 0.0526. The van der Waals surface area contributed by atoms with Crippen LogP contribution in [-0.4, -0.2) is 43.6 Å². The van der Waals surface area contributed by atoms with Gasteiger partial charge in [-0.25, -0.2) is 0 Å². The van der Waals surface area contributed by atoms with Gasteiger partial charge in [0.1, 0.15) is 0 Å². The predicted octanol–water partition coefficient (Wildman–Crippen LogP) is 24.8. The summed E-state index contributed by atoms with van der Waals surface area (Å²) in [6.45, 7) is 8.35. The zero-order valence-corrected chi connectivity index (χ0v) is 74.4. The molecule has 10 heteroatoms. The van der Waals surface area contributed by atoms with Crippen LogP contribution in [0.4, 0.5) is 0 Å². The van der Waals surface area contributed by atoms with Crippen molar-refractivity contribution in [3.8, 4) is 44.8 Å². The maximum Gasteiger partial charge on any atom is 0.494 e. The summed E-state index contributed by atoms with van der Waals surface area (Å²) >= 11 is 7.58. The summed E-state index contributed by atoms with van der Waals surface area (Å²) in [5, 5.41) is 21.4. The number of rotatable bonds is 14. The lowest BCUT2D eigenvalue weighted by molar-refractivity contribution is 0.00578. The topological polar surface area (TPSA) is 28.3 Å². The van der Waals surface area contributed by atoms with Gasteiger partial charge in [0.2, 0.25) is 0 Å². The van der Waals surface area contributed by atoms with E-state index in [9.17, 15) is 0 Å². The third kappa shape index (κ3) is 13.7. The van der Waals surface area contributed by atoms with Crippen molar-refractivity contribution in [2.24, 2.45) is 0 Å². The second-order valence-electron chi connectivity index (χ2n) is 33.3. The Morgan fingerprint density at radius 1 is 0.250 bits per heavy atom. The maximum absolute atomic E-state index is 6.27. The number of thiophene rings is 2. The molecule has 0 spiro atoms. The first-order chi connectivity index (χ1) is 60.9. The van der Waals surface area contributed by atoms with Crippen molar-refractivity contribution in [2.75, 3.05) is 0 Å². The highest BCUT2D eigenvalue weighted by Crippen LogP contribution is 2.44. The first-order valence-electron chi connectivity index (χ1n) is 42.5. The molecule has 0 aliphatic carbocycles. The van der Waals surface area contributed by atoms with Crippen molar-refractivity contribution >= 4 is 193 Å². The van der Waals surface area contributed by atoms with Gasteiger partial charge >= 0.3 is 7.12 Å². The van der Waals surface area contributed by atoms with Gasteiger partial charge in [-0.05, 0) is 181 Å². The van der Waals surface area contributed by atoms with Crippen molar-refractivity contribution in [3.05, 3.63) is 453 Å². The number of hydrogen-bond acceptors (Lipinski definition) is 4. The number of halogens is 1. The molecule has 1 fully saturated rings. The van der Waals surface area contributed by atoms with Gasteiger partial charge in [0.25, 0.3) is 0 Å². The van der Waals surface area contributed by atoms with E-state index < -0.39 is 16.1 Å². The SMILES string of the molecule is Brc1cccc([Si](c2ccccc2)(c2ccccc2)c2cccc(-c3cccc4c3sc3ccccc34)c2)c1.CC1(C)OB(c2cccc(-n3c4ccccc4c4ccccc43)c2)OC1(C)C.c1ccc([Si](c2ccccc2)(c2cccc(-c3cccc(-n4c5ccccc5c5ccccc54)c3)c2)c2cccc(-c3cccc4c3sc3ccccc34)c2)cc1. The lowest BCUT2D eigenvalue weighted by Crippen LogP contribution is -2.74. The first kappa shape index (κ1) is 78.2. The average Bonchev–Trinajstić information content (AvgIpc) is 1.01. The highest BCUT2D eigenvalue weighted by Gasteiger charge is 2.52. The molecule has 4 aromatic heterocycles. The summed E-state index contributed by atoms with van der Waals surface area (Å²) in [5.74, 6) is 0.